The number of nitrogens with zero attached hydrogens (tertiary/aromatic N) is 3. The van der Waals surface area contributed by atoms with Crippen molar-refractivity contribution in [2.75, 3.05) is 22.7 Å². The molecule has 0 aliphatic carbocycles. The van der Waals surface area contributed by atoms with Gasteiger partial charge in [0.05, 0.1) is 28.5 Å². The van der Waals surface area contributed by atoms with Crippen molar-refractivity contribution >= 4 is 21.7 Å². The number of sulfonamides is 1. The van der Waals surface area contributed by atoms with Gasteiger partial charge in [0, 0.05) is 13.1 Å². The zero-order valence-electron chi connectivity index (χ0n) is 13.7. The van der Waals surface area contributed by atoms with Crippen LogP contribution in [0, 0.1) is 0 Å². The first-order valence-electron chi connectivity index (χ1n) is 8.03. The number of nitrogens with one attached hydrogen (secondary N) is 1. The SMILES string of the molecule is O=S(=O)(Nc1cnc(N2CCCCC2)nc1)c1ccc(C(F)(F)F)cc1. The van der Waals surface area contributed by atoms with Crippen LogP contribution in [0.2, 0.25) is 0 Å². The summed E-state index contributed by atoms with van der Waals surface area (Å²) in [6.07, 6.45) is 1.46. The molecule has 26 heavy (non-hydrogen) atoms. The maximum absolute atomic E-state index is 12.6. The van der Waals surface area contributed by atoms with Crippen molar-refractivity contribution in [3.63, 3.8) is 0 Å². The van der Waals surface area contributed by atoms with E-state index in [-0.39, 0.29) is 10.6 Å². The van der Waals surface area contributed by atoms with Crippen molar-refractivity contribution in [1.82, 2.24) is 9.97 Å². The van der Waals surface area contributed by atoms with E-state index in [4.69, 9.17) is 0 Å². The van der Waals surface area contributed by atoms with Crippen LogP contribution in [0.1, 0.15) is 24.8 Å². The third-order valence-electron chi connectivity index (χ3n) is 4.02. The van der Waals surface area contributed by atoms with Crippen LogP contribution < -0.4 is 9.62 Å². The van der Waals surface area contributed by atoms with Crippen LogP contribution in [-0.4, -0.2) is 31.5 Å². The second-order valence-electron chi connectivity index (χ2n) is 5.95. The van der Waals surface area contributed by atoms with E-state index < -0.39 is 21.8 Å². The average Bonchev–Trinajstić information content (AvgIpc) is 2.62. The van der Waals surface area contributed by atoms with Gasteiger partial charge in [-0.3, -0.25) is 4.72 Å². The molecule has 1 fully saturated rings. The molecule has 1 N–H and O–H groups in total. The minimum absolute atomic E-state index is 0.144. The molecule has 0 unspecified atom stereocenters. The fourth-order valence-electron chi connectivity index (χ4n) is 2.67. The Morgan fingerprint density at radius 3 is 2.08 bits per heavy atom. The maximum atomic E-state index is 12.6. The van der Waals surface area contributed by atoms with Gasteiger partial charge in [0.25, 0.3) is 10.0 Å². The highest BCUT2D eigenvalue weighted by Gasteiger charge is 2.30. The van der Waals surface area contributed by atoms with Crippen LogP contribution in [0.3, 0.4) is 0 Å². The van der Waals surface area contributed by atoms with Crippen molar-refractivity contribution in [1.29, 1.82) is 0 Å². The van der Waals surface area contributed by atoms with Crippen LogP contribution in [0.25, 0.3) is 0 Å². The molecule has 0 bridgehead atoms. The number of hydrogen-bond donors (Lipinski definition) is 1. The van der Waals surface area contributed by atoms with Gasteiger partial charge in [-0.2, -0.15) is 13.2 Å². The summed E-state index contributed by atoms with van der Waals surface area (Å²) in [5.74, 6) is 0.530. The zero-order valence-corrected chi connectivity index (χ0v) is 14.5. The number of anilines is 2. The first-order valence-corrected chi connectivity index (χ1v) is 9.51. The van der Waals surface area contributed by atoms with Crippen LogP contribution in [0.15, 0.2) is 41.6 Å². The second-order valence-corrected chi connectivity index (χ2v) is 7.63. The van der Waals surface area contributed by atoms with E-state index in [1.165, 1.54) is 18.8 Å². The topological polar surface area (TPSA) is 75.2 Å². The molecule has 0 atom stereocenters. The van der Waals surface area contributed by atoms with Crippen molar-refractivity contribution in [2.24, 2.45) is 0 Å². The van der Waals surface area contributed by atoms with Gasteiger partial charge >= 0.3 is 6.18 Å². The van der Waals surface area contributed by atoms with E-state index in [2.05, 4.69) is 14.7 Å². The Morgan fingerprint density at radius 2 is 1.54 bits per heavy atom. The van der Waals surface area contributed by atoms with Crippen molar-refractivity contribution in [3.8, 4) is 0 Å². The third-order valence-corrected chi connectivity index (χ3v) is 5.42. The van der Waals surface area contributed by atoms with E-state index in [1.54, 1.807) is 0 Å². The normalized spacial score (nSPS) is 15.7. The highest BCUT2D eigenvalue weighted by atomic mass is 32.2. The zero-order chi connectivity index (χ0) is 18.8. The number of piperidine rings is 1. The smallest absolute Gasteiger partial charge is 0.341 e. The first-order chi connectivity index (χ1) is 12.3. The quantitative estimate of drug-likeness (QED) is 0.873. The highest BCUT2D eigenvalue weighted by Crippen LogP contribution is 2.30. The molecule has 1 aromatic carbocycles. The van der Waals surface area contributed by atoms with Gasteiger partial charge in [0.1, 0.15) is 0 Å². The number of rotatable bonds is 4. The summed E-state index contributed by atoms with van der Waals surface area (Å²) < 4.78 is 64.6. The summed E-state index contributed by atoms with van der Waals surface area (Å²) in [4.78, 5) is 10.1. The molecular formula is C16H17F3N4O2S. The molecule has 1 aromatic heterocycles. The monoisotopic (exact) mass is 386 g/mol. The molecule has 0 radical (unpaired) electrons. The Morgan fingerprint density at radius 1 is 0.962 bits per heavy atom. The minimum atomic E-state index is -4.52. The lowest BCUT2D eigenvalue weighted by atomic mass is 10.1. The number of benzene rings is 1. The largest absolute Gasteiger partial charge is 0.416 e. The van der Waals surface area contributed by atoms with Crippen LogP contribution in [-0.2, 0) is 16.2 Å². The Hall–Kier alpha value is -2.36. The lowest BCUT2D eigenvalue weighted by Crippen LogP contribution is -2.30. The Kier molecular flexibility index (Phi) is 5.03. The predicted molar refractivity (Wildman–Crippen MR) is 90.3 cm³/mol. The lowest BCUT2D eigenvalue weighted by Gasteiger charge is -2.26. The molecule has 1 aliphatic rings. The molecule has 140 valence electrons. The number of hydrogen-bond acceptors (Lipinski definition) is 5. The molecule has 2 heterocycles. The van der Waals surface area contributed by atoms with Crippen molar-refractivity contribution in [3.05, 3.63) is 42.2 Å². The van der Waals surface area contributed by atoms with Gasteiger partial charge in [0.15, 0.2) is 0 Å². The van der Waals surface area contributed by atoms with Crippen LogP contribution in [0.5, 0.6) is 0 Å². The summed E-state index contributed by atoms with van der Waals surface area (Å²) in [5, 5.41) is 0. The number of aromatic nitrogens is 2. The van der Waals surface area contributed by atoms with Gasteiger partial charge in [-0.05, 0) is 43.5 Å². The number of halogens is 3. The van der Waals surface area contributed by atoms with Gasteiger partial charge in [0.2, 0.25) is 5.95 Å². The van der Waals surface area contributed by atoms with Crippen molar-refractivity contribution in [2.45, 2.75) is 30.3 Å². The van der Waals surface area contributed by atoms with E-state index >= 15 is 0 Å². The van der Waals surface area contributed by atoms with Gasteiger partial charge in [-0.25, -0.2) is 18.4 Å². The molecule has 0 spiro atoms. The van der Waals surface area contributed by atoms with E-state index in [9.17, 15) is 21.6 Å². The Labute approximate surface area is 149 Å². The molecule has 0 saturated carbocycles. The first kappa shape index (κ1) is 18.4. The minimum Gasteiger partial charge on any atom is -0.341 e. The lowest BCUT2D eigenvalue weighted by molar-refractivity contribution is -0.137. The molecule has 10 heteroatoms. The molecule has 1 aliphatic heterocycles. The summed E-state index contributed by atoms with van der Waals surface area (Å²) >= 11 is 0. The molecular weight excluding hydrogens is 369 g/mol. The van der Waals surface area contributed by atoms with E-state index in [0.29, 0.717) is 5.95 Å². The fraction of sp³-hybridized carbons (Fsp3) is 0.375. The average molecular weight is 386 g/mol. The summed E-state index contributed by atoms with van der Waals surface area (Å²) in [6, 6.07) is 3.28. The Bertz CT molecular complexity index is 847. The molecule has 1 saturated heterocycles. The van der Waals surface area contributed by atoms with Crippen molar-refractivity contribution < 1.29 is 21.6 Å². The maximum Gasteiger partial charge on any atom is 0.416 e. The summed E-state index contributed by atoms with van der Waals surface area (Å²) in [5.41, 5.74) is -0.767. The molecule has 0 amide bonds. The van der Waals surface area contributed by atoms with E-state index in [1.807, 2.05) is 4.90 Å². The van der Waals surface area contributed by atoms with E-state index in [0.717, 1.165) is 50.2 Å². The molecule has 2 aromatic rings. The van der Waals surface area contributed by atoms with Crippen LogP contribution >= 0.6 is 0 Å². The summed E-state index contributed by atoms with van der Waals surface area (Å²) in [6.45, 7) is 1.72. The van der Waals surface area contributed by atoms with Gasteiger partial charge in [-0.1, -0.05) is 0 Å². The Balaban J connectivity index is 1.72. The summed E-state index contributed by atoms with van der Waals surface area (Å²) in [7, 11) is -4.02. The van der Waals surface area contributed by atoms with Gasteiger partial charge < -0.3 is 4.90 Å². The predicted octanol–water partition coefficient (Wildman–Crippen LogP) is 3.29. The highest BCUT2D eigenvalue weighted by molar-refractivity contribution is 7.92. The molecule has 3 rings (SSSR count). The van der Waals surface area contributed by atoms with Gasteiger partial charge in [-0.15, -0.1) is 0 Å². The standard InChI is InChI=1S/C16H17F3N4O2S/c17-16(18,19)12-4-6-14(7-5-12)26(24,25)22-13-10-20-15(21-11-13)23-8-2-1-3-9-23/h4-7,10-11,22H,1-3,8-9H2. The fourth-order valence-corrected chi connectivity index (χ4v) is 3.70. The molecule has 6 nitrogen and oxygen atoms in total. The van der Waals surface area contributed by atoms with Crippen LogP contribution in [0.4, 0.5) is 24.8 Å². The number of alkyl halides is 3. The third kappa shape index (κ3) is 4.24. The second kappa shape index (κ2) is 7.10.